The predicted octanol–water partition coefficient (Wildman–Crippen LogP) is 0.836. The number of hydrogen-bond donors (Lipinski definition) is 1. The minimum Gasteiger partial charge on any atom is -0.474 e. The van der Waals surface area contributed by atoms with Crippen LogP contribution in [0.3, 0.4) is 0 Å². The van der Waals surface area contributed by atoms with Crippen LogP contribution >= 0.6 is 0 Å². The molecule has 0 aliphatic carbocycles. The molecule has 0 saturated carbocycles. The molecular formula is C9H12N2O4. The Morgan fingerprint density at radius 2 is 2.33 bits per heavy atom. The number of hydrogen-bond acceptors (Lipinski definition) is 5. The molecule has 82 valence electrons. The molecule has 1 aliphatic heterocycles. The second-order valence-corrected chi connectivity index (χ2v) is 3.93. The van der Waals surface area contributed by atoms with Crippen LogP contribution in [0.15, 0.2) is 4.42 Å². The molecule has 15 heavy (non-hydrogen) atoms. The van der Waals surface area contributed by atoms with E-state index < -0.39 is 5.97 Å². The van der Waals surface area contributed by atoms with Gasteiger partial charge < -0.3 is 14.3 Å². The van der Waals surface area contributed by atoms with Crippen LogP contribution in [-0.4, -0.2) is 34.5 Å². The summed E-state index contributed by atoms with van der Waals surface area (Å²) in [4.78, 5) is 10.6. The van der Waals surface area contributed by atoms with Crippen LogP contribution in [0, 0.1) is 0 Å². The molecular weight excluding hydrogens is 200 g/mol. The van der Waals surface area contributed by atoms with Crippen LogP contribution in [0.5, 0.6) is 0 Å². The number of nitrogens with zero attached hydrogens (tertiary/aromatic N) is 2. The number of aromatic carboxylic acids is 1. The van der Waals surface area contributed by atoms with Gasteiger partial charge in [-0.3, -0.25) is 0 Å². The Morgan fingerprint density at radius 3 is 2.87 bits per heavy atom. The van der Waals surface area contributed by atoms with Crippen molar-refractivity contribution in [3.63, 3.8) is 0 Å². The molecule has 0 amide bonds. The van der Waals surface area contributed by atoms with Crippen molar-refractivity contribution in [3.8, 4) is 0 Å². The maximum atomic E-state index is 10.6. The van der Waals surface area contributed by atoms with Crippen LogP contribution in [0.1, 0.15) is 36.3 Å². The van der Waals surface area contributed by atoms with Crippen LogP contribution < -0.4 is 0 Å². The SMILES string of the molecule is CC1(c2nnc(C(=O)O)o2)CCCOC1. The lowest BCUT2D eigenvalue weighted by Crippen LogP contribution is -2.33. The Bertz CT molecular complexity index is 368. The third kappa shape index (κ3) is 1.85. The first-order valence-electron chi connectivity index (χ1n) is 4.77. The van der Waals surface area contributed by atoms with Gasteiger partial charge in [0.25, 0.3) is 0 Å². The number of carboxylic acids is 1. The van der Waals surface area contributed by atoms with Gasteiger partial charge in [0.15, 0.2) is 0 Å². The van der Waals surface area contributed by atoms with E-state index in [0.717, 1.165) is 19.4 Å². The second-order valence-electron chi connectivity index (χ2n) is 3.93. The van der Waals surface area contributed by atoms with Gasteiger partial charge in [-0.15, -0.1) is 10.2 Å². The fraction of sp³-hybridized carbons (Fsp3) is 0.667. The van der Waals surface area contributed by atoms with Crippen molar-refractivity contribution >= 4 is 5.97 Å². The van der Waals surface area contributed by atoms with Gasteiger partial charge in [-0.1, -0.05) is 0 Å². The Morgan fingerprint density at radius 1 is 1.53 bits per heavy atom. The molecule has 2 rings (SSSR count). The summed E-state index contributed by atoms with van der Waals surface area (Å²) in [5.74, 6) is -1.22. The molecule has 6 nitrogen and oxygen atoms in total. The van der Waals surface area contributed by atoms with Gasteiger partial charge in [0, 0.05) is 6.61 Å². The minimum absolute atomic E-state index is 0.347. The maximum Gasteiger partial charge on any atom is 0.393 e. The summed E-state index contributed by atoms with van der Waals surface area (Å²) in [6, 6.07) is 0. The number of aromatic nitrogens is 2. The van der Waals surface area contributed by atoms with E-state index in [1.54, 1.807) is 0 Å². The Balaban J connectivity index is 2.23. The van der Waals surface area contributed by atoms with Crippen LogP contribution in [0.2, 0.25) is 0 Å². The highest BCUT2D eigenvalue weighted by Crippen LogP contribution is 2.31. The van der Waals surface area contributed by atoms with Crippen molar-refractivity contribution in [2.75, 3.05) is 13.2 Å². The Hall–Kier alpha value is -1.43. The molecule has 1 saturated heterocycles. The van der Waals surface area contributed by atoms with Crippen molar-refractivity contribution < 1.29 is 19.1 Å². The van der Waals surface area contributed by atoms with E-state index >= 15 is 0 Å². The lowest BCUT2D eigenvalue weighted by molar-refractivity contribution is 0.0294. The van der Waals surface area contributed by atoms with E-state index in [-0.39, 0.29) is 11.3 Å². The molecule has 6 heteroatoms. The highest BCUT2D eigenvalue weighted by atomic mass is 16.5. The molecule has 1 fully saturated rings. The van der Waals surface area contributed by atoms with Crippen molar-refractivity contribution in [2.45, 2.75) is 25.2 Å². The van der Waals surface area contributed by atoms with E-state index in [1.165, 1.54) is 0 Å². The van der Waals surface area contributed by atoms with E-state index in [9.17, 15) is 4.79 Å². The fourth-order valence-corrected chi connectivity index (χ4v) is 1.66. The zero-order valence-corrected chi connectivity index (χ0v) is 8.39. The zero-order valence-electron chi connectivity index (χ0n) is 8.39. The number of carboxylic acid groups (broad SMARTS) is 1. The van der Waals surface area contributed by atoms with E-state index in [0.29, 0.717) is 12.5 Å². The van der Waals surface area contributed by atoms with Gasteiger partial charge in [-0.25, -0.2) is 4.79 Å². The molecule has 1 aromatic heterocycles. The monoisotopic (exact) mass is 212 g/mol. The standard InChI is InChI=1S/C9H12N2O4/c1-9(3-2-4-14-5-9)8-11-10-6(15-8)7(12)13/h2-5H2,1H3,(H,12,13). The summed E-state index contributed by atoms with van der Waals surface area (Å²) in [5, 5.41) is 15.9. The van der Waals surface area contributed by atoms with Gasteiger partial charge in [-0.2, -0.15) is 0 Å². The molecule has 0 spiro atoms. The smallest absolute Gasteiger partial charge is 0.393 e. The van der Waals surface area contributed by atoms with E-state index in [2.05, 4.69) is 10.2 Å². The summed E-state index contributed by atoms with van der Waals surface area (Å²) in [6.07, 6.45) is 1.79. The number of carbonyl (C=O) groups is 1. The van der Waals surface area contributed by atoms with Gasteiger partial charge in [0.1, 0.15) is 0 Å². The molecule has 1 atom stereocenters. The second kappa shape index (κ2) is 3.62. The maximum absolute atomic E-state index is 10.6. The number of ether oxygens (including phenoxy) is 1. The van der Waals surface area contributed by atoms with Crippen molar-refractivity contribution in [1.82, 2.24) is 10.2 Å². The first kappa shape index (κ1) is 10.1. The molecule has 1 aliphatic rings. The third-order valence-electron chi connectivity index (χ3n) is 2.56. The van der Waals surface area contributed by atoms with Crippen LogP contribution in [-0.2, 0) is 10.2 Å². The zero-order chi connectivity index (χ0) is 10.9. The average molecular weight is 212 g/mol. The van der Waals surface area contributed by atoms with Crippen molar-refractivity contribution in [3.05, 3.63) is 11.8 Å². The lowest BCUT2D eigenvalue weighted by atomic mass is 9.85. The van der Waals surface area contributed by atoms with Gasteiger partial charge in [0.05, 0.1) is 12.0 Å². The highest BCUT2D eigenvalue weighted by molar-refractivity contribution is 5.81. The largest absolute Gasteiger partial charge is 0.474 e. The molecule has 0 bridgehead atoms. The molecule has 1 N–H and O–H groups in total. The summed E-state index contributed by atoms with van der Waals surface area (Å²) in [7, 11) is 0. The topological polar surface area (TPSA) is 85.5 Å². The third-order valence-corrected chi connectivity index (χ3v) is 2.56. The van der Waals surface area contributed by atoms with Crippen LogP contribution in [0.4, 0.5) is 0 Å². The fourth-order valence-electron chi connectivity index (χ4n) is 1.66. The Labute approximate surface area is 86.3 Å². The van der Waals surface area contributed by atoms with E-state index in [4.69, 9.17) is 14.3 Å². The summed E-state index contributed by atoms with van der Waals surface area (Å²) < 4.78 is 10.4. The summed E-state index contributed by atoms with van der Waals surface area (Å²) >= 11 is 0. The van der Waals surface area contributed by atoms with Crippen molar-refractivity contribution in [1.29, 1.82) is 0 Å². The molecule has 0 aromatic carbocycles. The molecule has 2 heterocycles. The quantitative estimate of drug-likeness (QED) is 0.781. The summed E-state index contributed by atoms with van der Waals surface area (Å²) in [6.45, 7) is 3.16. The van der Waals surface area contributed by atoms with Crippen molar-refractivity contribution in [2.24, 2.45) is 0 Å². The van der Waals surface area contributed by atoms with Gasteiger partial charge in [-0.05, 0) is 19.8 Å². The first-order valence-corrected chi connectivity index (χ1v) is 4.77. The first-order chi connectivity index (χ1) is 7.12. The number of rotatable bonds is 2. The molecule has 0 radical (unpaired) electrons. The Kier molecular flexibility index (Phi) is 2.44. The molecule has 1 aromatic rings. The van der Waals surface area contributed by atoms with E-state index in [1.807, 2.05) is 6.92 Å². The predicted molar refractivity (Wildman–Crippen MR) is 48.7 cm³/mol. The molecule has 1 unspecified atom stereocenters. The van der Waals surface area contributed by atoms with Gasteiger partial charge >= 0.3 is 11.9 Å². The summed E-state index contributed by atoms with van der Waals surface area (Å²) in [5.41, 5.74) is -0.348. The van der Waals surface area contributed by atoms with Gasteiger partial charge in [0.2, 0.25) is 5.89 Å². The highest BCUT2D eigenvalue weighted by Gasteiger charge is 2.35. The van der Waals surface area contributed by atoms with Crippen LogP contribution in [0.25, 0.3) is 0 Å². The average Bonchev–Trinajstić information content (AvgIpc) is 2.68. The lowest BCUT2D eigenvalue weighted by Gasteiger charge is -2.29. The minimum atomic E-state index is -1.20. The normalized spacial score (nSPS) is 26.5.